The van der Waals surface area contributed by atoms with Crippen molar-refractivity contribution in [2.24, 2.45) is 0 Å². The van der Waals surface area contributed by atoms with Crippen LogP contribution in [0.1, 0.15) is 34.1 Å². The Morgan fingerprint density at radius 2 is 2.14 bits per heavy atom. The lowest BCUT2D eigenvalue weighted by Gasteiger charge is -2.14. The largest absolute Gasteiger partial charge is 0.493 e. The molecule has 1 unspecified atom stereocenters. The van der Waals surface area contributed by atoms with Gasteiger partial charge in [-0.1, -0.05) is 0 Å². The van der Waals surface area contributed by atoms with Crippen LogP contribution >= 0.6 is 11.3 Å². The van der Waals surface area contributed by atoms with Crippen molar-refractivity contribution in [3.05, 3.63) is 39.3 Å². The first-order valence-electron chi connectivity index (χ1n) is 7.09. The van der Waals surface area contributed by atoms with E-state index in [1.165, 1.54) is 11.3 Å². The number of sulfonamides is 1. The van der Waals surface area contributed by atoms with E-state index in [2.05, 4.69) is 9.71 Å². The normalized spacial score (nSPS) is 15.4. The molecule has 0 fully saturated rings. The molecule has 1 atom stereocenters. The number of benzene rings is 1. The van der Waals surface area contributed by atoms with Crippen LogP contribution in [-0.2, 0) is 16.4 Å². The minimum absolute atomic E-state index is 0.280. The first-order valence-corrected chi connectivity index (χ1v) is 9.39. The number of aromatic nitrogens is 1. The second-order valence-electron chi connectivity index (χ2n) is 5.39. The van der Waals surface area contributed by atoms with Crippen LogP contribution in [-0.4, -0.2) is 20.0 Å². The van der Waals surface area contributed by atoms with Gasteiger partial charge >= 0.3 is 0 Å². The van der Waals surface area contributed by atoms with E-state index in [0.29, 0.717) is 6.61 Å². The Hall–Kier alpha value is -1.44. The summed E-state index contributed by atoms with van der Waals surface area (Å²) in [6.07, 6.45) is 0.751. The summed E-state index contributed by atoms with van der Waals surface area (Å²) in [5, 5.41) is 0.938. The highest BCUT2D eigenvalue weighted by Crippen LogP contribution is 2.29. The summed E-state index contributed by atoms with van der Waals surface area (Å²) in [4.78, 5) is 5.58. The number of aryl methyl sites for hydroxylation is 2. The topological polar surface area (TPSA) is 68.3 Å². The van der Waals surface area contributed by atoms with Gasteiger partial charge in [-0.2, -0.15) is 0 Å². The van der Waals surface area contributed by atoms with Crippen LogP contribution < -0.4 is 9.46 Å². The summed E-state index contributed by atoms with van der Waals surface area (Å²) in [6.45, 7) is 6.27. The zero-order valence-corrected chi connectivity index (χ0v) is 14.3. The molecule has 3 rings (SSSR count). The molecule has 0 aliphatic carbocycles. The standard InChI is InChI=1S/C15H18N2O3S2/c1-9-15(21-11(3)16-9)10(2)17-22(18,19)13-4-5-14-12(8-13)6-7-20-14/h4-5,8,10,17H,6-7H2,1-3H3. The molecule has 1 aliphatic rings. The average Bonchev–Trinajstić information content (AvgIpc) is 3.03. The Labute approximate surface area is 134 Å². The highest BCUT2D eigenvalue weighted by atomic mass is 32.2. The molecule has 7 heteroatoms. The molecule has 1 N–H and O–H groups in total. The molecule has 5 nitrogen and oxygen atoms in total. The second-order valence-corrected chi connectivity index (χ2v) is 8.34. The van der Waals surface area contributed by atoms with Crippen LogP contribution in [0, 0.1) is 13.8 Å². The highest BCUT2D eigenvalue weighted by molar-refractivity contribution is 7.89. The quantitative estimate of drug-likeness (QED) is 0.931. The predicted molar refractivity (Wildman–Crippen MR) is 86.0 cm³/mol. The highest BCUT2D eigenvalue weighted by Gasteiger charge is 2.23. The van der Waals surface area contributed by atoms with E-state index < -0.39 is 10.0 Å². The lowest BCUT2D eigenvalue weighted by molar-refractivity contribution is 0.356. The lowest BCUT2D eigenvalue weighted by atomic mass is 10.2. The first kappa shape index (κ1) is 15.5. The van der Waals surface area contributed by atoms with Gasteiger partial charge in [-0.15, -0.1) is 11.3 Å². The fraction of sp³-hybridized carbons (Fsp3) is 0.400. The Bertz CT molecular complexity index is 812. The van der Waals surface area contributed by atoms with Crippen LogP contribution in [0.25, 0.3) is 0 Å². The van der Waals surface area contributed by atoms with Crippen molar-refractivity contribution >= 4 is 21.4 Å². The van der Waals surface area contributed by atoms with E-state index in [9.17, 15) is 8.42 Å². The average molecular weight is 338 g/mol. The maximum absolute atomic E-state index is 12.6. The lowest BCUT2D eigenvalue weighted by Crippen LogP contribution is -2.26. The summed E-state index contributed by atoms with van der Waals surface area (Å²) in [5.74, 6) is 0.779. The molecule has 0 amide bonds. The number of thiazole rings is 1. The van der Waals surface area contributed by atoms with Gasteiger partial charge in [0.15, 0.2) is 0 Å². The summed E-state index contributed by atoms with van der Waals surface area (Å²) in [6, 6.07) is 4.70. The third-order valence-corrected chi connectivity index (χ3v) is 6.43. The van der Waals surface area contributed by atoms with Crippen molar-refractivity contribution in [2.75, 3.05) is 6.61 Å². The van der Waals surface area contributed by atoms with E-state index in [0.717, 1.165) is 33.3 Å². The van der Waals surface area contributed by atoms with Gasteiger partial charge in [-0.3, -0.25) is 0 Å². The molecule has 118 valence electrons. The maximum Gasteiger partial charge on any atom is 0.241 e. The van der Waals surface area contributed by atoms with Crippen molar-refractivity contribution < 1.29 is 13.2 Å². The number of fused-ring (bicyclic) bond motifs is 1. The van der Waals surface area contributed by atoms with E-state index >= 15 is 0 Å². The molecule has 0 spiro atoms. The minimum atomic E-state index is -3.56. The van der Waals surface area contributed by atoms with E-state index in [4.69, 9.17) is 4.74 Å². The zero-order valence-electron chi connectivity index (χ0n) is 12.7. The van der Waals surface area contributed by atoms with Gasteiger partial charge in [0.2, 0.25) is 10.0 Å². The van der Waals surface area contributed by atoms with Crippen molar-refractivity contribution in [3.63, 3.8) is 0 Å². The molecular formula is C15H18N2O3S2. The molecule has 1 aromatic heterocycles. The van der Waals surface area contributed by atoms with Crippen molar-refractivity contribution in [2.45, 2.75) is 38.1 Å². The summed E-state index contributed by atoms with van der Waals surface area (Å²) < 4.78 is 33.3. The van der Waals surface area contributed by atoms with Gasteiger partial charge in [0, 0.05) is 11.3 Å². The summed E-state index contributed by atoms with van der Waals surface area (Å²) in [7, 11) is -3.56. The van der Waals surface area contributed by atoms with Gasteiger partial charge in [0.25, 0.3) is 0 Å². The number of rotatable bonds is 4. The summed E-state index contributed by atoms with van der Waals surface area (Å²) in [5.41, 5.74) is 1.82. The molecular weight excluding hydrogens is 320 g/mol. The van der Waals surface area contributed by atoms with Gasteiger partial charge in [-0.25, -0.2) is 18.1 Å². The van der Waals surface area contributed by atoms with E-state index in [1.807, 2.05) is 20.8 Å². The Morgan fingerprint density at radius 3 is 2.82 bits per heavy atom. The Kier molecular flexibility index (Phi) is 3.96. The van der Waals surface area contributed by atoms with E-state index in [1.54, 1.807) is 18.2 Å². The van der Waals surface area contributed by atoms with Crippen LogP contribution in [0.5, 0.6) is 5.75 Å². The SMILES string of the molecule is Cc1nc(C)c(C(C)NS(=O)(=O)c2ccc3c(c2)CCO3)s1. The van der Waals surface area contributed by atoms with Crippen molar-refractivity contribution in [1.82, 2.24) is 9.71 Å². The Morgan fingerprint density at radius 1 is 1.36 bits per heavy atom. The number of nitrogens with zero attached hydrogens (tertiary/aromatic N) is 1. The fourth-order valence-corrected chi connectivity index (χ4v) is 4.90. The minimum Gasteiger partial charge on any atom is -0.493 e. The zero-order chi connectivity index (χ0) is 15.9. The molecule has 0 saturated carbocycles. The maximum atomic E-state index is 12.6. The van der Waals surface area contributed by atoms with Gasteiger partial charge in [0.1, 0.15) is 5.75 Å². The van der Waals surface area contributed by atoms with Crippen LogP contribution in [0.15, 0.2) is 23.1 Å². The van der Waals surface area contributed by atoms with Gasteiger partial charge < -0.3 is 4.74 Å². The Balaban J connectivity index is 1.86. The molecule has 0 bridgehead atoms. The third-order valence-electron chi connectivity index (χ3n) is 3.64. The smallest absolute Gasteiger partial charge is 0.241 e. The van der Waals surface area contributed by atoms with Crippen LogP contribution in [0.4, 0.5) is 0 Å². The first-order chi connectivity index (χ1) is 10.4. The summed E-state index contributed by atoms with van der Waals surface area (Å²) >= 11 is 1.52. The van der Waals surface area contributed by atoms with Crippen LogP contribution in [0.2, 0.25) is 0 Å². The van der Waals surface area contributed by atoms with Gasteiger partial charge in [-0.05, 0) is 44.5 Å². The number of hydrogen-bond acceptors (Lipinski definition) is 5. The van der Waals surface area contributed by atoms with Crippen molar-refractivity contribution in [1.29, 1.82) is 0 Å². The molecule has 0 radical (unpaired) electrons. The fourth-order valence-electron chi connectivity index (χ4n) is 2.63. The number of ether oxygens (including phenoxy) is 1. The van der Waals surface area contributed by atoms with Gasteiger partial charge in [0.05, 0.1) is 28.2 Å². The second kappa shape index (κ2) is 5.64. The molecule has 22 heavy (non-hydrogen) atoms. The third kappa shape index (κ3) is 2.88. The molecule has 1 aromatic carbocycles. The molecule has 0 saturated heterocycles. The molecule has 2 aromatic rings. The van der Waals surface area contributed by atoms with E-state index in [-0.39, 0.29) is 10.9 Å². The number of hydrogen-bond donors (Lipinski definition) is 1. The molecule has 1 aliphatic heterocycles. The monoisotopic (exact) mass is 338 g/mol. The van der Waals surface area contributed by atoms with Crippen LogP contribution in [0.3, 0.4) is 0 Å². The predicted octanol–water partition coefficient (Wildman–Crippen LogP) is 2.73. The van der Waals surface area contributed by atoms with Crippen molar-refractivity contribution in [3.8, 4) is 5.75 Å². The number of nitrogens with one attached hydrogen (secondary N) is 1. The molecule has 2 heterocycles.